The Hall–Kier alpha value is -1.10. The molecule has 0 spiro atoms. The maximum Gasteiger partial charge on any atom is 0.410 e. The number of hydrogen-bond donors (Lipinski definition) is 0. The first-order valence-corrected chi connectivity index (χ1v) is 10.3. The van der Waals surface area contributed by atoms with Crippen LogP contribution in [0.2, 0.25) is 19.6 Å². The Bertz CT molecular complexity index is 379. The molecule has 1 amide bonds. The fraction of sp³-hybridized carbons (Fsp3) is 0.846. The fourth-order valence-corrected chi connectivity index (χ4v) is 2.83. The maximum absolute atomic E-state index is 12.0. The lowest BCUT2D eigenvalue weighted by atomic mass is 10.1. The average molecular weight is 299 g/mol. The second kappa shape index (κ2) is 6.57. The molecule has 114 valence electrons. The van der Waals surface area contributed by atoms with E-state index in [1.165, 1.54) is 0 Å². The van der Waals surface area contributed by atoms with Gasteiger partial charge < -0.3 is 14.2 Å². The van der Waals surface area contributed by atoms with Gasteiger partial charge in [0.25, 0.3) is 0 Å². The third kappa shape index (κ3) is 5.90. The van der Waals surface area contributed by atoms with Crippen molar-refractivity contribution in [2.75, 3.05) is 26.2 Å². The van der Waals surface area contributed by atoms with Crippen LogP contribution in [0.15, 0.2) is 0 Å². The Morgan fingerprint density at radius 1 is 1.25 bits per heavy atom. The van der Waals surface area contributed by atoms with Crippen molar-refractivity contribution in [3.8, 4) is 6.07 Å². The van der Waals surface area contributed by atoms with E-state index >= 15 is 0 Å². The van der Waals surface area contributed by atoms with Gasteiger partial charge in [-0.25, -0.2) is 4.79 Å². The summed E-state index contributed by atoms with van der Waals surface area (Å²) in [6, 6.07) is 2.03. The van der Waals surface area contributed by atoms with Crippen molar-refractivity contribution in [1.82, 2.24) is 9.96 Å². The molecule has 0 bridgehead atoms. The molecule has 1 fully saturated rings. The van der Waals surface area contributed by atoms with Crippen molar-refractivity contribution in [2.45, 2.75) is 45.5 Å². The number of nitriles is 1. The number of hydroxylamine groups is 2. The second-order valence-corrected chi connectivity index (χ2v) is 11.0. The van der Waals surface area contributed by atoms with Crippen molar-refractivity contribution >= 4 is 14.4 Å². The van der Waals surface area contributed by atoms with Crippen LogP contribution in [0.1, 0.15) is 20.3 Å². The highest BCUT2D eigenvalue weighted by Gasteiger charge is 2.30. The van der Waals surface area contributed by atoms with Crippen molar-refractivity contribution in [3.05, 3.63) is 0 Å². The standard InChI is InChI=1S/C13H25N3O3Si/c1-13(2,6-7-14)18-12(17)15-8-10-16(11-9-15)19-20(3,4)5/h6,8-11H2,1-5H3. The van der Waals surface area contributed by atoms with Gasteiger partial charge in [0.1, 0.15) is 5.60 Å². The largest absolute Gasteiger partial charge is 0.442 e. The van der Waals surface area contributed by atoms with Gasteiger partial charge in [0.05, 0.1) is 12.5 Å². The average Bonchev–Trinajstić information content (AvgIpc) is 2.26. The van der Waals surface area contributed by atoms with Gasteiger partial charge in [-0.05, 0) is 33.5 Å². The zero-order valence-electron chi connectivity index (χ0n) is 13.1. The minimum atomic E-state index is -1.59. The summed E-state index contributed by atoms with van der Waals surface area (Å²) < 4.78 is 11.3. The number of nitrogens with zero attached hydrogens (tertiary/aromatic N) is 3. The van der Waals surface area contributed by atoms with Crippen LogP contribution >= 0.6 is 0 Å². The maximum atomic E-state index is 12.0. The predicted octanol–water partition coefficient (Wildman–Crippen LogP) is 2.20. The molecule has 1 saturated heterocycles. The van der Waals surface area contributed by atoms with Crippen LogP contribution in [-0.2, 0) is 9.26 Å². The highest BCUT2D eigenvalue weighted by molar-refractivity contribution is 6.69. The first-order valence-electron chi connectivity index (χ1n) is 6.92. The molecule has 0 aliphatic carbocycles. The minimum Gasteiger partial charge on any atom is -0.442 e. The van der Waals surface area contributed by atoms with Crippen LogP contribution in [0.5, 0.6) is 0 Å². The van der Waals surface area contributed by atoms with E-state index in [2.05, 4.69) is 19.6 Å². The number of amides is 1. The van der Waals surface area contributed by atoms with E-state index < -0.39 is 13.9 Å². The van der Waals surface area contributed by atoms with E-state index in [4.69, 9.17) is 14.5 Å². The van der Waals surface area contributed by atoms with Gasteiger partial charge in [-0.3, -0.25) is 0 Å². The van der Waals surface area contributed by atoms with Crippen LogP contribution in [0.25, 0.3) is 0 Å². The summed E-state index contributed by atoms with van der Waals surface area (Å²) in [6.45, 7) is 12.5. The first-order chi connectivity index (χ1) is 9.13. The summed E-state index contributed by atoms with van der Waals surface area (Å²) in [4.78, 5) is 13.7. The molecular formula is C13H25N3O3Si. The summed E-state index contributed by atoms with van der Waals surface area (Å²) in [5.74, 6) is 0. The Morgan fingerprint density at radius 3 is 2.25 bits per heavy atom. The molecule has 6 nitrogen and oxygen atoms in total. The summed E-state index contributed by atoms with van der Waals surface area (Å²) in [5, 5.41) is 10.6. The molecule has 0 unspecified atom stereocenters. The number of rotatable bonds is 4. The van der Waals surface area contributed by atoms with Crippen molar-refractivity contribution in [2.24, 2.45) is 0 Å². The monoisotopic (exact) mass is 299 g/mol. The lowest BCUT2D eigenvalue weighted by Gasteiger charge is -2.37. The number of hydrogen-bond acceptors (Lipinski definition) is 5. The molecule has 0 aromatic heterocycles. The van der Waals surface area contributed by atoms with Gasteiger partial charge in [-0.1, -0.05) is 0 Å². The molecule has 0 radical (unpaired) electrons. The van der Waals surface area contributed by atoms with Crippen LogP contribution < -0.4 is 0 Å². The lowest BCUT2D eigenvalue weighted by Crippen LogP contribution is -2.52. The van der Waals surface area contributed by atoms with Gasteiger partial charge in [-0.15, -0.1) is 0 Å². The van der Waals surface area contributed by atoms with Crippen LogP contribution in [0.3, 0.4) is 0 Å². The normalized spacial score (nSPS) is 17.7. The van der Waals surface area contributed by atoms with Crippen molar-refractivity contribution in [1.29, 1.82) is 5.26 Å². The van der Waals surface area contributed by atoms with E-state index in [1.807, 2.05) is 11.1 Å². The zero-order valence-corrected chi connectivity index (χ0v) is 14.1. The molecule has 0 saturated carbocycles. The molecule has 7 heteroatoms. The van der Waals surface area contributed by atoms with Crippen LogP contribution in [0.4, 0.5) is 4.79 Å². The molecular weight excluding hydrogens is 274 g/mol. The number of piperazine rings is 1. The molecule has 1 aliphatic rings. The third-order valence-electron chi connectivity index (χ3n) is 2.77. The SMILES string of the molecule is CC(C)(CC#N)OC(=O)N1CCN(O[Si](C)(C)C)CC1. The number of ether oxygens (including phenoxy) is 1. The Balaban J connectivity index is 2.42. The van der Waals surface area contributed by atoms with Crippen molar-refractivity contribution < 1.29 is 14.1 Å². The summed E-state index contributed by atoms with van der Waals surface area (Å²) >= 11 is 0. The van der Waals surface area contributed by atoms with E-state index in [1.54, 1.807) is 18.7 Å². The van der Waals surface area contributed by atoms with E-state index in [9.17, 15) is 4.79 Å². The zero-order chi connectivity index (χ0) is 15.4. The van der Waals surface area contributed by atoms with Gasteiger partial charge >= 0.3 is 6.09 Å². The first kappa shape index (κ1) is 16.9. The quantitative estimate of drug-likeness (QED) is 0.745. The molecule has 0 atom stereocenters. The van der Waals surface area contributed by atoms with E-state index in [-0.39, 0.29) is 12.5 Å². The number of carbonyl (C=O) groups is 1. The molecule has 1 heterocycles. The Morgan fingerprint density at radius 2 is 1.80 bits per heavy atom. The topological polar surface area (TPSA) is 65.8 Å². The van der Waals surface area contributed by atoms with Gasteiger partial charge in [0, 0.05) is 26.2 Å². The summed E-state index contributed by atoms with van der Waals surface area (Å²) in [5.41, 5.74) is -0.738. The summed E-state index contributed by atoms with van der Waals surface area (Å²) in [7, 11) is -1.59. The minimum absolute atomic E-state index is 0.192. The third-order valence-corrected chi connectivity index (χ3v) is 3.57. The van der Waals surface area contributed by atoms with Crippen molar-refractivity contribution in [3.63, 3.8) is 0 Å². The highest BCUT2D eigenvalue weighted by atomic mass is 28.4. The van der Waals surface area contributed by atoms with Crippen LogP contribution in [-0.4, -0.2) is 56.2 Å². The van der Waals surface area contributed by atoms with Gasteiger partial charge in [-0.2, -0.15) is 10.3 Å². The molecule has 0 aromatic rings. The molecule has 0 aromatic carbocycles. The Labute approximate surface area is 122 Å². The highest BCUT2D eigenvalue weighted by Crippen LogP contribution is 2.17. The lowest BCUT2D eigenvalue weighted by molar-refractivity contribution is -0.0971. The predicted molar refractivity (Wildman–Crippen MR) is 78.4 cm³/mol. The van der Waals surface area contributed by atoms with Crippen LogP contribution in [0, 0.1) is 11.3 Å². The smallest absolute Gasteiger partial charge is 0.410 e. The molecule has 20 heavy (non-hydrogen) atoms. The van der Waals surface area contributed by atoms with E-state index in [0.717, 1.165) is 0 Å². The van der Waals surface area contributed by atoms with E-state index in [0.29, 0.717) is 26.2 Å². The van der Waals surface area contributed by atoms with Gasteiger partial charge in [0.15, 0.2) is 0 Å². The molecule has 1 rings (SSSR count). The second-order valence-electron chi connectivity index (χ2n) is 6.58. The van der Waals surface area contributed by atoms with Gasteiger partial charge in [0.2, 0.25) is 8.32 Å². The fourth-order valence-electron chi connectivity index (χ4n) is 1.88. The molecule has 0 N–H and O–H groups in total. The Kier molecular flexibility index (Phi) is 5.56. The summed E-state index contributed by atoms with van der Waals surface area (Å²) in [6.07, 6.45) is -0.157. The number of carbonyl (C=O) groups excluding carboxylic acids is 1. The molecule has 1 aliphatic heterocycles.